The van der Waals surface area contributed by atoms with E-state index in [9.17, 15) is 0 Å². The molecule has 0 N–H and O–H groups in total. The zero-order valence-corrected chi connectivity index (χ0v) is 20.4. The van der Waals surface area contributed by atoms with E-state index in [4.69, 9.17) is 0 Å². The van der Waals surface area contributed by atoms with Gasteiger partial charge in [0, 0.05) is 0 Å². The number of hydrogen-bond donors (Lipinski definition) is 0. The molecule has 0 aromatic carbocycles. The molecule has 156 valence electrons. The van der Waals surface area contributed by atoms with Crippen molar-refractivity contribution in [1.29, 1.82) is 0 Å². The van der Waals surface area contributed by atoms with Crippen molar-refractivity contribution in [3.05, 3.63) is 13.8 Å². The molecule has 2 heteroatoms. The van der Waals surface area contributed by atoms with Crippen molar-refractivity contribution < 1.29 is 12.4 Å². The Balaban J connectivity index is -0.000000173. The van der Waals surface area contributed by atoms with E-state index in [2.05, 4.69) is 27.7 Å². The monoisotopic (exact) mass is 400 g/mol. The van der Waals surface area contributed by atoms with Gasteiger partial charge < -0.3 is 26.3 Å². The van der Waals surface area contributed by atoms with Gasteiger partial charge in [-0.1, -0.05) is 129 Å². The summed E-state index contributed by atoms with van der Waals surface area (Å²) in [4.78, 5) is 0. The third-order valence-corrected chi connectivity index (χ3v) is 4.71. The molecule has 26 heavy (non-hydrogen) atoms. The molecule has 0 aliphatic carbocycles. The van der Waals surface area contributed by atoms with Gasteiger partial charge in [-0.15, -0.1) is 0 Å². The normalized spacial score (nSPS) is 9.69. The van der Waals surface area contributed by atoms with E-state index in [1.807, 2.05) is 0 Å². The molecular weight excluding hydrogens is 351 g/mol. The SMILES string of the molecule is [Al+3].[CH2-]CCCCCCCCCCC.[CH2-]CCCCCCCCCCC.[Cl-]. The Hall–Kier alpha value is 0.822. The van der Waals surface area contributed by atoms with E-state index in [-0.39, 0.29) is 29.8 Å². The molecule has 0 radical (unpaired) electrons. The summed E-state index contributed by atoms with van der Waals surface area (Å²) in [5.41, 5.74) is 0. The van der Waals surface area contributed by atoms with Crippen molar-refractivity contribution in [3.63, 3.8) is 0 Å². The molecule has 0 aromatic heterocycles. The largest absolute Gasteiger partial charge is 3.00 e. The van der Waals surface area contributed by atoms with Crippen molar-refractivity contribution in [2.75, 3.05) is 0 Å². The first kappa shape index (κ1) is 34.3. The van der Waals surface area contributed by atoms with Crippen LogP contribution in [0.15, 0.2) is 0 Å². The van der Waals surface area contributed by atoms with Crippen LogP contribution >= 0.6 is 0 Å². The molecular formula is C24H50AlCl. The summed E-state index contributed by atoms with van der Waals surface area (Å²) >= 11 is 0. The number of rotatable bonds is 18. The third-order valence-electron chi connectivity index (χ3n) is 4.71. The first-order valence-electron chi connectivity index (χ1n) is 11.4. The predicted octanol–water partition coefficient (Wildman–Crippen LogP) is 6.11. The van der Waals surface area contributed by atoms with Gasteiger partial charge in [-0.2, -0.15) is 12.8 Å². The average Bonchev–Trinajstić information content (AvgIpc) is 2.60. The average molecular weight is 401 g/mol. The van der Waals surface area contributed by atoms with E-state index in [0.717, 1.165) is 12.8 Å². The van der Waals surface area contributed by atoms with Crippen LogP contribution in [0.3, 0.4) is 0 Å². The van der Waals surface area contributed by atoms with Crippen LogP contribution < -0.4 is 12.4 Å². The second kappa shape index (κ2) is 36.7. The van der Waals surface area contributed by atoms with E-state index in [0.29, 0.717) is 0 Å². The molecule has 0 saturated carbocycles. The van der Waals surface area contributed by atoms with Crippen LogP contribution in [0, 0.1) is 13.8 Å². The molecule has 0 atom stereocenters. The molecule has 0 unspecified atom stereocenters. The summed E-state index contributed by atoms with van der Waals surface area (Å²) in [6.45, 7) is 12.2. The van der Waals surface area contributed by atoms with Crippen molar-refractivity contribution in [2.45, 2.75) is 142 Å². The van der Waals surface area contributed by atoms with Crippen molar-refractivity contribution in [2.24, 2.45) is 0 Å². The molecule has 0 rings (SSSR count). The van der Waals surface area contributed by atoms with Crippen LogP contribution in [0.25, 0.3) is 0 Å². The third kappa shape index (κ3) is 39.8. The zero-order valence-electron chi connectivity index (χ0n) is 18.5. The van der Waals surface area contributed by atoms with Gasteiger partial charge in [-0.3, -0.25) is 0 Å². The first-order valence-corrected chi connectivity index (χ1v) is 11.4. The topological polar surface area (TPSA) is 0 Å². The van der Waals surface area contributed by atoms with Crippen LogP contribution in [0.1, 0.15) is 142 Å². The van der Waals surface area contributed by atoms with Gasteiger partial charge in [-0.05, 0) is 0 Å². The quantitative estimate of drug-likeness (QED) is 0.148. The Morgan fingerprint density at radius 3 is 0.769 bits per heavy atom. The summed E-state index contributed by atoms with van der Waals surface area (Å²) in [6.07, 6.45) is 27.8. The Morgan fingerprint density at radius 1 is 0.385 bits per heavy atom. The van der Waals surface area contributed by atoms with E-state index < -0.39 is 0 Å². The Labute approximate surface area is 185 Å². The van der Waals surface area contributed by atoms with Gasteiger partial charge in [0.2, 0.25) is 0 Å². The Bertz CT molecular complexity index is 145. The fourth-order valence-electron chi connectivity index (χ4n) is 2.97. The molecule has 0 fully saturated rings. The van der Waals surface area contributed by atoms with Gasteiger partial charge in [0.15, 0.2) is 0 Å². The maximum absolute atomic E-state index is 3.84. The molecule has 0 aromatic rings. The van der Waals surface area contributed by atoms with Crippen LogP contribution in [0.2, 0.25) is 0 Å². The maximum atomic E-state index is 3.84. The molecule has 0 nitrogen and oxygen atoms in total. The van der Waals surface area contributed by atoms with E-state index in [1.54, 1.807) is 0 Å². The van der Waals surface area contributed by atoms with Crippen LogP contribution in [-0.4, -0.2) is 17.4 Å². The second-order valence-electron chi connectivity index (χ2n) is 7.36. The molecule has 0 spiro atoms. The second-order valence-corrected chi connectivity index (χ2v) is 7.36. The van der Waals surface area contributed by atoms with Gasteiger partial charge >= 0.3 is 17.4 Å². The van der Waals surface area contributed by atoms with Gasteiger partial charge in [0.1, 0.15) is 0 Å². The minimum Gasteiger partial charge on any atom is -1.00 e. The minimum absolute atomic E-state index is 0. The molecule has 0 saturated heterocycles. The number of unbranched alkanes of at least 4 members (excludes halogenated alkanes) is 18. The molecule has 0 aliphatic heterocycles. The van der Waals surface area contributed by atoms with Gasteiger partial charge in [0.05, 0.1) is 0 Å². The van der Waals surface area contributed by atoms with E-state index >= 15 is 0 Å². The summed E-state index contributed by atoms with van der Waals surface area (Å²) in [6, 6.07) is 0. The summed E-state index contributed by atoms with van der Waals surface area (Å²) in [5.74, 6) is 0. The fourth-order valence-corrected chi connectivity index (χ4v) is 2.97. The summed E-state index contributed by atoms with van der Waals surface area (Å²) in [5, 5.41) is 0. The molecule has 0 bridgehead atoms. The number of halogens is 1. The van der Waals surface area contributed by atoms with Gasteiger partial charge in [-0.25, -0.2) is 0 Å². The van der Waals surface area contributed by atoms with Crippen LogP contribution in [0.5, 0.6) is 0 Å². The maximum Gasteiger partial charge on any atom is 3.00 e. The Kier molecular flexibility index (Phi) is 48.5. The van der Waals surface area contributed by atoms with Crippen molar-refractivity contribution in [3.8, 4) is 0 Å². The Morgan fingerprint density at radius 2 is 0.577 bits per heavy atom. The van der Waals surface area contributed by atoms with Crippen molar-refractivity contribution in [1.82, 2.24) is 0 Å². The summed E-state index contributed by atoms with van der Waals surface area (Å²) < 4.78 is 0. The van der Waals surface area contributed by atoms with Crippen molar-refractivity contribution >= 4 is 17.4 Å². The summed E-state index contributed by atoms with van der Waals surface area (Å²) in [7, 11) is 0. The molecule has 0 aliphatic rings. The first-order chi connectivity index (χ1) is 11.8. The minimum atomic E-state index is 0. The standard InChI is InChI=1S/2C12H25.Al.ClH/c2*1-3-5-7-9-11-12-10-8-6-4-2;;/h2*1,3-12H2,2H3;;1H/q2*-1;+3;/p-1. The van der Waals surface area contributed by atoms with Crippen LogP contribution in [0.4, 0.5) is 0 Å². The zero-order chi connectivity index (χ0) is 18.1. The molecule has 0 amide bonds. The van der Waals surface area contributed by atoms with Crippen LogP contribution in [-0.2, 0) is 0 Å². The van der Waals surface area contributed by atoms with Gasteiger partial charge in [0.25, 0.3) is 0 Å². The fraction of sp³-hybridized carbons (Fsp3) is 0.917. The predicted molar refractivity (Wildman–Crippen MR) is 120 cm³/mol. The number of hydrogen-bond acceptors (Lipinski definition) is 0. The molecule has 0 heterocycles. The smallest absolute Gasteiger partial charge is 1.00 e. The van der Waals surface area contributed by atoms with E-state index in [1.165, 1.54) is 116 Å².